The van der Waals surface area contributed by atoms with Crippen LogP contribution in [0.15, 0.2) is 60.9 Å². The number of nitriles is 1. The zero-order chi connectivity index (χ0) is 19.2. The molecule has 134 valence electrons. The molecular formula is C21H18N4O2. The summed E-state index contributed by atoms with van der Waals surface area (Å²) in [6.07, 6.45) is 3.14. The van der Waals surface area contributed by atoms with Gasteiger partial charge in [0.15, 0.2) is 0 Å². The Morgan fingerprint density at radius 2 is 1.85 bits per heavy atom. The van der Waals surface area contributed by atoms with E-state index >= 15 is 0 Å². The first kappa shape index (κ1) is 18.0. The number of hydrogen-bond donors (Lipinski definition) is 2. The summed E-state index contributed by atoms with van der Waals surface area (Å²) in [4.78, 5) is 16.6. The number of aromatic nitrogens is 1. The standard InChI is InChI=1S/C21H18N4O2/c1-14-3-8-20(27-2)19(9-14)24-18-10-16(12-23-13-18)21(26)25-17-6-4-15(11-22)5-7-17/h3-10,12-13,24H,1-2H3,(H,25,26). The van der Waals surface area contributed by atoms with E-state index in [4.69, 9.17) is 10.00 Å². The highest BCUT2D eigenvalue weighted by molar-refractivity contribution is 6.04. The number of anilines is 3. The van der Waals surface area contributed by atoms with Crippen molar-refractivity contribution in [3.05, 3.63) is 77.6 Å². The van der Waals surface area contributed by atoms with Crippen molar-refractivity contribution in [2.45, 2.75) is 6.92 Å². The van der Waals surface area contributed by atoms with E-state index in [0.29, 0.717) is 28.3 Å². The third kappa shape index (κ3) is 4.41. The van der Waals surface area contributed by atoms with E-state index in [9.17, 15) is 4.79 Å². The average Bonchev–Trinajstić information content (AvgIpc) is 2.69. The second-order valence-corrected chi connectivity index (χ2v) is 5.93. The van der Waals surface area contributed by atoms with Gasteiger partial charge < -0.3 is 15.4 Å². The third-order valence-electron chi connectivity index (χ3n) is 3.91. The fraction of sp³-hybridized carbons (Fsp3) is 0.0952. The van der Waals surface area contributed by atoms with Gasteiger partial charge in [0, 0.05) is 11.9 Å². The number of rotatable bonds is 5. The number of benzene rings is 2. The van der Waals surface area contributed by atoms with Crippen molar-refractivity contribution in [3.8, 4) is 11.8 Å². The number of amides is 1. The lowest BCUT2D eigenvalue weighted by atomic mass is 10.2. The molecule has 0 aliphatic rings. The normalized spacial score (nSPS) is 9.96. The molecule has 1 heterocycles. The van der Waals surface area contributed by atoms with Gasteiger partial charge in [0.2, 0.25) is 0 Å². The van der Waals surface area contributed by atoms with Crippen molar-refractivity contribution >= 4 is 23.0 Å². The number of ether oxygens (including phenoxy) is 1. The number of nitrogens with zero attached hydrogens (tertiary/aromatic N) is 2. The van der Waals surface area contributed by atoms with Crippen molar-refractivity contribution < 1.29 is 9.53 Å². The second kappa shape index (κ2) is 8.02. The summed E-state index contributed by atoms with van der Waals surface area (Å²) in [6.45, 7) is 1.99. The van der Waals surface area contributed by atoms with Gasteiger partial charge in [-0.3, -0.25) is 9.78 Å². The molecule has 0 atom stereocenters. The van der Waals surface area contributed by atoms with E-state index in [2.05, 4.69) is 15.6 Å². The predicted molar refractivity (Wildman–Crippen MR) is 104 cm³/mol. The summed E-state index contributed by atoms with van der Waals surface area (Å²) in [7, 11) is 1.61. The highest BCUT2D eigenvalue weighted by atomic mass is 16.5. The molecule has 3 aromatic rings. The Balaban J connectivity index is 1.77. The highest BCUT2D eigenvalue weighted by Gasteiger charge is 2.09. The summed E-state index contributed by atoms with van der Waals surface area (Å²) in [5.74, 6) is 0.417. The maximum atomic E-state index is 12.5. The Kier molecular flexibility index (Phi) is 5.33. The molecule has 3 rings (SSSR count). The maximum absolute atomic E-state index is 12.5. The van der Waals surface area contributed by atoms with Crippen LogP contribution >= 0.6 is 0 Å². The lowest BCUT2D eigenvalue weighted by Crippen LogP contribution is -2.12. The Bertz CT molecular complexity index is 1010. The summed E-state index contributed by atoms with van der Waals surface area (Å²) < 4.78 is 5.36. The molecule has 27 heavy (non-hydrogen) atoms. The summed E-state index contributed by atoms with van der Waals surface area (Å²) in [5, 5.41) is 14.9. The number of pyridine rings is 1. The molecule has 0 saturated carbocycles. The Morgan fingerprint density at radius 3 is 2.56 bits per heavy atom. The van der Waals surface area contributed by atoms with Crippen LogP contribution in [0.25, 0.3) is 0 Å². The minimum Gasteiger partial charge on any atom is -0.495 e. The zero-order valence-electron chi connectivity index (χ0n) is 15.0. The van der Waals surface area contributed by atoms with Gasteiger partial charge >= 0.3 is 0 Å². The van der Waals surface area contributed by atoms with Crippen LogP contribution in [-0.2, 0) is 0 Å². The highest BCUT2D eigenvalue weighted by Crippen LogP contribution is 2.28. The van der Waals surface area contributed by atoms with Crippen LogP contribution in [0.4, 0.5) is 17.1 Å². The molecule has 0 bridgehead atoms. The lowest BCUT2D eigenvalue weighted by Gasteiger charge is -2.12. The van der Waals surface area contributed by atoms with E-state index in [1.807, 2.05) is 31.2 Å². The van der Waals surface area contributed by atoms with Crippen molar-refractivity contribution in [2.75, 3.05) is 17.7 Å². The smallest absolute Gasteiger partial charge is 0.257 e. The van der Waals surface area contributed by atoms with E-state index < -0.39 is 0 Å². The molecule has 1 amide bonds. The predicted octanol–water partition coefficient (Wildman–Crippen LogP) is 4.27. The summed E-state index contributed by atoms with van der Waals surface area (Å²) >= 11 is 0. The minimum atomic E-state index is -0.285. The van der Waals surface area contributed by atoms with Gasteiger partial charge in [-0.2, -0.15) is 5.26 Å². The van der Waals surface area contributed by atoms with Gasteiger partial charge in [-0.05, 0) is 55.0 Å². The Labute approximate surface area is 157 Å². The first-order valence-corrected chi connectivity index (χ1v) is 8.27. The molecule has 0 unspecified atom stereocenters. The summed E-state index contributed by atoms with van der Waals surface area (Å²) in [5.41, 5.74) is 4.11. The zero-order valence-corrected chi connectivity index (χ0v) is 15.0. The number of hydrogen-bond acceptors (Lipinski definition) is 5. The number of aryl methyl sites for hydroxylation is 1. The fourth-order valence-electron chi connectivity index (χ4n) is 2.54. The second-order valence-electron chi connectivity index (χ2n) is 5.93. The van der Waals surface area contributed by atoms with Gasteiger partial charge in [0.05, 0.1) is 41.9 Å². The van der Waals surface area contributed by atoms with E-state index in [-0.39, 0.29) is 5.91 Å². The number of carbonyl (C=O) groups excluding carboxylic acids is 1. The van der Waals surface area contributed by atoms with Crippen LogP contribution in [-0.4, -0.2) is 18.0 Å². The van der Waals surface area contributed by atoms with Crippen LogP contribution < -0.4 is 15.4 Å². The van der Waals surface area contributed by atoms with Crippen LogP contribution in [0.5, 0.6) is 5.75 Å². The summed E-state index contributed by atoms with van der Waals surface area (Å²) in [6, 6.07) is 16.2. The fourth-order valence-corrected chi connectivity index (χ4v) is 2.54. The van der Waals surface area contributed by atoms with Crippen LogP contribution in [0.3, 0.4) is 0 Å². The molecule has 6 nitrogen and oxygen atoms in total. The first-order valence-electron chi connectivity index (χ1n) is 8.27. The van der Waals surface area contributed by atoms with Crippen molar-refractivity contribution in [1.29, 1.82) is 5.26 Å². The number of methoxy groups -OCH3 is 1. The Hall–Kier alpha value is -3.85. The van der Waals surface area contributed by atoms with E-state index in [1.54, 1.807) is 43.6 Å². The topological polar surface area (TPSA) is 87.0 Å². The molecule has 0 saturated heterocycles. The quantitative estimate of drug-likeness (QED) is 0.711. The number of carbonyl (C=O) groups is 1. The third-order valence-corrected chi connectivity index (χ3v) is 3.91. The largest absolute Gasteiger partial charge is 0.495 e. The van der Waals surface area contributed by atoms with Crippen LogP contribution in [0.1, 0.15) is 21.5 Å². The molecule has 0 fully saturated rings. The molecule has 2 aromatic carbocycles. The minimum absolute atomic E-state index is 0.285. The monoisotopic (exact) mass is 358 g/mol. The maximum Gasteiger partial charge on any atom is 0.257 e. The molecule has 0 aliphatic heterocycles. The van der Waals surface area contributed by atoms with Gasteiger partial charge in [-0.15, -0.1) is 0 Å². The van der Waals surface area contributed by atoms with Gasteiger partial charge in [-0.25, -0.2) is 0 Å². The van der Waals surface area contributed by atoms with E-state index in [1.165, 1.54) is 6.20 Å². The van der Waals surface area contributed by atoms with Crippen molar-refractivity contribution in [2.24, 2.45) is 0 Å². The van der Waals surface area contributed by atoms with Crippen LogP contribution in [0, 0.1) is 18.3 Å². The number of nitrogens with one attached hydrogen (secondary N) is 2. The van der Waals surface area contributed by atoms with Crippen LogP contribution in [0.2, 0.25) is 0 Å². The first-order chi connectivity index (χ1) is 13.1. The molecule has 2 N–H and O–H groups in total. The molecule has 1 aromatic heterocycles. The molecule has 0 aliphatic carbocycles. The lowest BCUT2D eigenvalue weighted by molar-refractivity contribution is 0.102. The molecular weight excluding hydrogens is 340 g/mol. The van der Waals surface area contributed by atoms with Gasteiger partial charge in [0.25, 0.3) is 5.91 Å². The molecule has 0 radical (unpaired) electrons. The SMILES string of the molecule is COc1ccc(C)cc1Nc1cncc(C(=O)Nc2ccc(C#N)cc2)c1. The van der Waals surface area contributed by atoms with Crippen molar-refractivity contribution in [1.82, 2.24) is 4.98 Å². The van der Waals surface area contributed by atoms with Gasteiger partial charge in [0.1, 0.15) is 5.75 Å². The Morgan fingerprint density at radius 1 is 1.07 bits per heavy atom. The average molecular weight is 358 g/mol. The van der Waals surface area contributed by atoms with E-state index in [0.717, 1.165) is 11.3 Å². The van der Waals surface area contributed by atoms with Crippen molar-refractivity contribution in [3.63, 3.8) is 0 Å². The molecule has 6 heteroatoms. The molecule has 0 spiro atoms. The van der Waals surface area contributed by atoms with Gasteiger partial charge in [-0.1, -0.05) is 6.07 Å².